The predicted octanol–water partition coefficient (Wildman–Crippen LogP) is 1.91. The van der Waals surface area contributed by atoms with Crippen LogP contribution < -0.4 is 0 Å². The van der Waals surface area contributed by atoms with Crippen LogP contribution in [0, 0.1) is 11.3 Å². The van der Waals surface area contributed by atoms with Crippen LogP contribution >= 0.6 is 0 Å². The Labute approximate surface area is 78.3 Å². The monoisotopic (exact) mass is 178 g/mol. The SMILES string of the molecule is CC1=CC=C(C)C(C)(C=O)C1C=O. The van der Waals surface area contributed by atoms with Gasteiger partial charge in [0.25, 0.3) is 0 Å². The minimum atomic E-state index is -0.638. The number of hydrogen-bond acceptors (Lipinski definition) is 2. The van der Waals surface area contributed by atoms with Gasteiger partial charge in [-0.1, -0.05) is 23.3 Å². The third kappa shape index (κ3) is 1.37. The Morgan fingerprint density at radius 3 is 2.31 bits per heavy atom. The molecule has 0 saturated heterocycles. The maximum Gasteiger partial charge on any atom is 0.130 e. The lowest BCUT2D eigenvalue weighted by Crippen LogP contribution is -2.34. The minimum Gasteiger partial charge on any atom is -0.303 e. The van der Waals surface area contributed by atoms with Gasteiger partial charge in [-0.2, -0.15) is 0 Å². The molecule has 1 rings (SSSR count). The van der Waals surface area contributed by atoms with Crippen molar-refractivity contribution in [3.63, 3.8) is 0 Å². The quantitative estimate of drug-likeness (QED) is 0.605. The van der Waals surface area contributed by atoms with E-state index < -0.39 is 5.41 Å². The van der Waals surface area contributed by atoms with E-state index in [0.717, 1.165) is 23.7 Å². The van der Waals surface area contributed by atoms with Crippen LogP contribution in [0.15, 0.2) is 23.3 Å². The van der Waals surface area contributed by atoms with Gasteiger partial charge in [-0.25, -0.2) is 0 Å². The summed E-state index contributed by atoms with van der Waals surface area (Å²) < 4.78 is 0. The topological polar surface area (TPSA) is 34.1 Å². The number of carbonyl (C=O) groups excluding carboxylic acids is 2. The first-order chi connectivity index (χ1) is 6.06. The van der Waals surface area contributed by atoms with Crippen molar-refractivity contribution in [2.24, 2.45) is 11.3 Å². The molecule has 0 heterocycles. The van der Waals surface area contributed by atoms with E-state index >= 15 is 0 Å². The molecule has 0 radical (unpaired) electrons. The zero-order chi connectivity index (χ0) is 10.1. The van der Waals surface area contributed by atoms with Gasteiger partial charge in [0, 0.05) is 0 Å². The van der Waals surface area contributed by atoms with Gasteiger partial charge >= 0.3 is 0 Å². The summed E-state index contributed by atoms with van der Waals surface area (Å²) in [6, 6.07) is 0. The molecule has 1 aliphatic rings. The van der Waals surface area contributed by atoms with Crippen LogP contribution in [0.5, 0.6) is 0 Å². The van der Waals surface area contributed by atoms with Crippen LogP contribution in [0.4, 0.5) is 0 Å². The molecule has 0 aliphatic heterocycles. The summed E-state index contributed by atoms with van der Waals surface area (Å²) in [5.41, 5.74) is 1.26. The molecule has 0 N–H and O–H groups in total. The summed E-state index contributed by atoms with van der Waals surface area (Å²) in [5, 5.41) is 0. The van der Waals surface area contributed by atoms with Crippen molar-refractivity contribution in [3.05, 3.63) is 23.3 Å². The van der Waals surface area contributed by atoms with Gasteiger partial charge in [-0.05, 0) is 20.8 Å². The number of allylic oxidation sites excluding steroid dienone is 4. The second kappa shape index (κ2) is 3.29. The zero-order valence-corrected chi connectivity index (χ0v) is 8.20. The van der Waals surface area contributed by atoms with Crippen LogP contribution in [0.25, 0.3) is 0 Å². The lowest BCUT2D eigenvalue weighted by atomic mass is 9.68. The summed E-state index contributed by atoms with van der Waals surface area (Å²) in [7, 11) is 0. The minimum absolute atomic E-state index is 0.296. The van der Waals surface area contributed by atoms with Gasteiger partial charge in [0.15, 0.2) is 0 Å². The fraction of sp³-hybridized carbons (Fsp3) is 0.455. The normalized spacial score (nSPS) is 33.3. The molecule has 1 aliphatic carbocycles. The van der Waals surface area contributed by atoms with Crippen molar-refractivity contribution in [2.45, 2.75) is 20.8 Å². The van der Waals surface area contributed by atoms with Crippen molar-refractivity contribution >= 4 is 12.6 Å². The Morgan fingerprint density at radius 2 is 1.92 bits per heavy atom. The Morgan fingerprint density at radius 1 is 1.31 bits per heavy atom. The lowest BCUT2D eigenvalue weighted by Gasteiger charge is -2.33. The summed E-state index contributed by atoms with van der Waals surface area (Å²) >= 11 is 0. The van der Waals surface area contributed by atoms with Gasteiger partial charge in [-0.3, -0.25) is 0 Å². The van der Waals surface area contributed by atoms with Crippen LogP contribution in [0.1, 0.15) is 20.8 Å². The molecule has 13 heavy (non-hydrogen) atoms. The van der Waals surface area contributed by atoms with E-state index in [0.29, 0.717) is 0 Å². The van der Waals surface area contributed by atoms with Gasteiger partial charge in [0.05, 0.1) is 11.3 Å². The van der Waals surface area contributed by atoms with Crippen molar-refractivity contribution in [3.8, 4) is 0 Å². The average Bonchev–Trinajstić information content (AvgIpc) is 2.13. The van der Waals surface area contributed by atoms with Gasteiger partial charge < -0.3 is 9.59 Å². The van der Waals surface area contributed by atoms with Gasteiger partial charge in [0.2, 0.25) is 0 Å². The molecule has 0 amide bonds. The third-order valence-electron chi connectivity index (χ3n) is 2.96. The molecule has 0 aromatic carbocycles. The zero-order valence-electron chi connectivity index (χ0n) is 8.20. The molecule has 2 unspecified atom stereocenters. The second-order valence-electron chi connectivity index (χ2n) is 3.77. The summed E-state index contributed by atoms with van der Waals surface area (Å²) in [4.78, 5) is 21.8. The van der Waals surface area contributed by atoms with Crippen LogP contribution in [0.3, 0.4) is 0 Å². The first kappa shape index (κ1) is 9.90. The standard InChI is InChI=1S/C11H14O2/c1-8-4-5-9(2)11(3,7-13)10(8)6-12/h4-7,10H,1-3H3. The molecule has 0 aromatic heterocycles. The van der Waals surface area contributed by atoms with Crippen LogP contribution in [0.2, 0.25) is 0 Å². The Hall–Kier alpha value is -1.18. The van der Waals surface area contributed by atoms with E-state index in [2.05, 4.69) is 0 Å². The molecule has 0 spiro atoms. The highest BCUT2D eigenvalue weighted by Gasteiger charge is 2.38. The molecule has 70 valence electrons. The van der Waals surface area contributed by atoms with E-state index in [1.807, 2.05) is 26.0 Å². The summed E-state index contributed by atoms with van der Waals surface area (Å²) in [5.74, 6) is -0.296. The first-order valence-electron chi connectivity index (χ1n) is 4.33. The molecule has 2 nitrogen and oxygen atoms in total. The van der Waals surface area contributed by atoms with E-state index in [4.69, 9.17) is 0 Å². The van der Waals surface area contributed by atoms with E-state index in [1.165, 1.54) is 0 Å². The van der Waals surface area contributed by atoms with Crippen molar-refractivity contribution in [2.75, 3.05) is 0 Å². The third-order valence-corrected chi connectivity index (χ3v) is 2.96. The molecule has 2 heteroatoms. The highest BCUT2D eigenvalue weighted by Crippen LogP contribution is 2.39. The van der Waals surface area contributed by atoms with E-state index in [1.54, 1.807) is 6.92 Å². The van der Waals surface area contributed by atoms with Crippen molar-refractivity contribution in [1.29, 1.82) is 0 Å². The molecule has 0 aromatic rings. The maximum atomic E-state index is 11.0. The highest BCUT2D eigenvalue weighted by atomic mass is 16.1. The molecular weight excluding hydrogens is 164 g/mol. The molecule has 2 atom stereocenters. The summed E-state index contributed by atoms with van der Waals surface area (Å²) in [6.07, 6.45) is 5.54. The van der Waals surface area contributed by atoms with Crippen molar-refractivity contribution in [1.82, 2.24) is 0 Å². The van der Waals surface area contributed by atoms with Crippen LogP contribution in [-0.2, 0) is 9.59 Å². The van der Waals surface area contributed by atoms with Crippen LogP contribution in [-0.4, -0.2) is 12.6 Å². The predicted molar refractivity (Wildman–Crippen MR) is 51.2 cm³/mol. The molecular formula is C11H14O2. The lowest BCUT2D eigenvalue weighted by molar-refractivity contribution is -0.121. The molecule has 0 saturated carbocycles. The van der Waals surface area contributed by atoms with Crippen molar-refractivity contribution < 1.29 is 9.59 Å². The Balaban J connectivity index is 3.21. The first-order valence-corrected chi connectivity index (χ1v) is 4.33. The van der Waals surface area contributed by atoms with Gasteiger partial charge in [0.1, 0.15) is 12.6 Å². The Bertz CT molecular complexity index is 299. The fourth-order valence-electron chi connectivity index (χ4n) is 1.67. The fourth-order valence-corrected chi connectivity index (χ4v) is 1.67. The Kier molecular flexibility index (Phi) is 2.50. The maximum absolute atomic E-state index is 11.0. The number of hydrogen-bond donors (Lipinski definition) is 0. The van der Waals surface area contributed by atoms with E-state index in [-0.39, 0.29) is 5.92 Å². The largest absolute Gasteiger partial charge is 0.303 e. The summed E-state index contributed by atoms with van der Waals surface area (Å²) in [6.45, 7) is 5.57. The molecule has 0 bridgehead atoms. The van der Waals surface area contributed by atoms with Gasteiger partial charge in [-0.15, -0.1) is 0 Å². The average molecular weight is 178 g/mol. The number of rotatable bonds is 2. The second-order valence-corrected chi connectivity index (χ2v) is 3.77. The highest BCUT2D eigenvalue weighted by molar-refractivity contribution is 5.76. The molecule has 0 fully saturated rings. The number of aldehydes is 2. The van der Waals surface area contributed by atoms with E-state index in [9.17, 15) is 9.59 Å². The number of carbonyl (C=O) groups is 2. The smallest absolute Gasteiger partial charge is 0.130 e.